The van der Waals surface area contributed by atoms with E-state index in [1.54, 1.807) is 20.3 Å². The predicted molar refractivity (Wildman–Crippen MR) is 216 cm³/mol. The van der Waals surface area contributed by atoms with Gasteiger partial charge in [-0.15, -0.1) is 0 Å². The van der Waals surface area contributed by atoms with Crippen molar-refractivity contribution in [1.82, 2.24) is 14.5 Å². The van der Waals surface area contributed by atoms with Crippen LogP contribution in [0, 0.1) is 17.8 Å². The monoisotopic (exact) mass is 780 g/mol. The van der Waals surface area contributed by atoms with Crippen LogP contribution in [0.2, 0.25) is 5.02 Å². The molecule has 5 aliphatic rings. The minimum atomic E-state index is -3.00. The first-order chi connectivity index (χ1) is 25.9. The second kappa shape index (κ2) is 15.8. The number of nitrogens with one attached hydrogen (secondary N) is 1. The summed E-state index contributed by atoms with van der Waals surface area (Å²) in [4.78, 5) is 33.7. The van der Waals surface area contributed by atoms with E-state index < -0.39 is 21.2 Å². The number of amides is 2. The number of carbonyl (C=O) groups is 2. The number of allylic oxidation sites excluding steroid dienone is 1. The molecule has 1 unspecified atom stereocenters. The summed E-state index contributed by atoms with van der Waals surface area (Å²) in [6.45, 7) is 9.40. The predicted octanol–water partition coefficient (Wildman–Crippen LogP) is 5.36. The van der Waals surface area contributed by atoms with Crippen LogP contribution >= 0.6 is 11.6 Å². The van der Waals surface area contributed by atoms with E-state index in [4.69, 9.17) is 25.8 Å². The highest BCUT2D eigenvalue weighted by atomic mass is 35.5. The molecule has 0 aromatic heterocycles. The number of rotatable bonds is 6. The maximum atomic E-state index is 14.0. The van der Waals surface area contributed by atoms with Crippen molar-refractivity contribution in [2.24, 2.45) is 17.8 Å². The van der Waals surface area contributed by atoms with Gasteiger partial charge in [0.15, 0.2) is 0 Å². The normalized spacial score (nSPS) is 33.9. The van der Waals surface area contributed by atoms with Crippen LogP contribution in [0.3, 0.4) is 0 Å². The van der Waals surface area contributed by atoms with Crippen molar-refractivity contribution in [3.05, 3.63) is 70.3 Å². The number of benzene rings is 2. The Morgan fingerprint density at radius 1 is 1.11 bits per heavy atom. The fourth-order valence-electron chi connectivity index (χ4n) is 9.58. The van der Waals surface area contributed by atoms with Gasteiger partial charge in [-0.2, -0.15) is 0 Å². The summed E-state index contributed by atoms with van der Waals surface area (Å²) < 4.78 is 35.5. The van der Waals surface area contributed by atoms with Crippen LogP contribution in [0.15, 0.2) is 48.6 Å². The molecule has 294 valence electrons. The lowest BCUT2D eigenvalue weighted by Crippen LogP contribution is -2.60. The molecule has 2 bridgehead atoms. The minimum absolute atomic E-state index is 0.0301. The van der Waals surface area contributed by atoms with Gasteiger partial charge < -0.3 is 24.0 Å². The van der Waals surface area contributed by atoms with Gasteiger partial charge in [-0.3, -0.25) is 19.2 Å². The summed E-state index contributed by atoms with van der Waals surface area (Å²) in [7, 11) is 0.466. The Bertz CT molecular complexity index is 1870. The molecular formula is C42H57ClN4O6S. The molecule has 2 fully saturated rings. The van der Waals surface area contributed by atoms with Gasteiger partial charge in [-0.1, -0.05) is 36.7 Å². The third-order valence-electron chi connectivity index (χ3n) is 13.2. The Hall–Kier alpha value is -3.09. The highest BCUT2D eigenvalue weighted by Gasteiger charge is 2.50. The van der Waals surface area contributed by atoms with E-state index in [9.17, 15) is 13.8 Å². The second-order valence-corrected chi connectivity index (χ2v) is 19.3. The van der Waals surface area contributed by atoms with Crippen molar-refractivity contribution < 1.29 is 28.0 Å². The summed E-state index contributed by atoms with van der Waals surface area (Å²) in [6, 6.07) is 11.9. The molecule has 3 heterocycles. The fraction of sp³-hybridized carbons (Fsp3) is 0.595. The van der Waals surface area contributed by atoms with Gasteiger partial charge in [0.05, 0.1) is 35.2 Å². The van der Waals surface area contributed by atoms with Gasteiger partial charge in [0.25, 0.3) is 5.91 Å². The summed E-state index contributed by atoms with van der Waals surface area (Å²) in [5, 5.41) is 0.361. The van der Waals surface area contributed by atoms with Crippen LogP contribution in [0.1, 0.15) is 67.4 Å². The van der Waals surface area contributed by atoms with Crippen molar-refractivity contribution >= 4 is 44.7 Å². The Morgan fingerprint density at radius 3 is 2.69 bits per heavy atom. The van der Waals surface area contributed by atoms with Crippen LogP contribution in [-0.4, -0.2) is 116 Å². The van der Waals surface area contributed by atoms with Gasteiger partial charge in [0, 0.05) is 74.7 Å². The summed E-state index contributed by atoms with van der Waals surface area (Å²) >= 11 is 6.51. The fourth-order valence-corrected chi connectivity index (χ4v) is 11.3. The number of piperazine rings is 1. The first-order valence-corrected chi connectivity index (χ1v) is 21.7. The Labute approximate surface area is 326 Å². The number of halogens is 1. The molecule has 2 aromatic carbocycles. The summed E-state index contributed by atoms with van der Waals surface area (Å²) in [5.74, 6) is 4.94. The SMILES string of the molecule is C=S1(=O)NC(=O)c2ccc3c(c2)N(C[C@@H]2CC[C@H]2[C@](CN2CCN(CCOC)C(=O)C2)(OC)/C=C/C[C@H](C)[C@H]1C)C[C@@]1(CCCc2cc(Cl)ccc21)CO3. The summed E-state index contributed by atoms with van der Waals surface area (Å²) in [5.41, 5.74) is 2.94. The molecule has 1 spiro atoms. The van der Waals surface area contributed by atoms with Crippen molar-refractivity contribution in [1.29, 1.82) is 0 Å². The van der Waals surface area contributed by atoms with Crippen molar-refractivity contribution in [2.45, 2.75) is 68.6 Å². The van der Waals surface area contributed by atoms with Crippen molar-refractivity contribution in [3.8, 4) is 5.75 Å². The van der Waals surface area contributed by atoms with Crippen molar-refractivity contribution in [3.63, 3.8) is 0 Å². The molecule has 7 atom stereocenters. The molecule has 2 aliphatic carbocycles. The van der Waals surface area contributed by atoms with E-state index in [1.807, 2.05) is 30.0 Å². The van der Waals surface area contributed by atoms with E-state index in [1.165, 1.54) is 11.1 Å². The number of anilines is 1. The molecule has 1 saturated heterocycles. The zero-order valence-electron chi connectivity index (χ0n) is 32.3. The zero-order valence-corrected chi connectivity index (χ0v) is 33.9. The molecular weight excluding hydrogens is 724 g/mol. The Morgan fingerprint density at radius 2 is 1.94 bits per heavy atom. The standard InChI is InChI=1S/C42H57ClN4O6S/c1-29-8-6-17-42(52-4,27-45-18-19-46(20-21-51-3)39(48)25-45)36-13-10-33(36)24-47-26-41(16-7-9-31-22-34(43)12-14-35(31)41)28-53-38-15-11-32(23-37(38)47)40(49)44-54(5,50)30(29)2/h6,11-12,14-15,17,22-23,29-30,33,36H,5,7-10,13,16,18-21,24-28H2,1-4H3,(H,44,49,50)/b17-6+/t29-,30+,33-,36+,41-,42-,54?/m0/s1. The number of methoxy groups -OCH3 is 2. The van der Waals surface area contributed by atoms with Crippen LogP contribution < -0.4 is 14.4 Å². The van der Waals surface area contributed by atoms with Crippen LogP contribution in [0.5, 0.6) is 5.75 Å². The number of fused-ring (bicyclic) bond motifs is 4. The lowest BCUT2D eigenvalue weighted by Gasteiger charge is -2.52. The highest BCUT2D eigenvalue weighted by Crippen LogP contribution is 2.49. The van der Waals surface area contributed by atoms with Crippen molar-refractivity contribution in [2.75, 3.05) is 78.1 Å². The first kappa shape index (κ1) is 39.2. The van der Waals surface area contributed by atoms with E-state index in [0.29, 0.717) is 51.4 Å². The van der Waals surface area contributed by atoms with Crippen LogP contribution in [0.4, 0.5) is 5.69 Å². The minimum Gasteiger partial charge on any atom is -0.490 e. The van der Waals surface area contributed by atoms with Gasteiger partial charge in [0.2, 0.25) is 5.91 Å². The maximum Gasteiger partial charge on any atom is 0.262 e. The second-order valence-electron chi connectivity index (χ2n) is 16.5. The lowest BCUT2D eigenvalue weighted by atomic mass is 9.63. The van der Waals surface area contributed by atoms with E-state index in [0.717, 1.165) is 68.2 Å². The van der Waals surface area contributed by atoms with Gasteiger partial charge >= 0.3 is 0 Å². The number of nitrogens with zero attached hydrogens (tertiary/aromatic N) is 3. The molecule has 7 rings (SSSR count). The third-order valence-corrected chi connectivity index (χ3v) is 15.6. The van der Waals surface area contributed by atoms with Gasteiger partial charge in [0.1, 0.15) is 11.4 Å². The number of hydrogen-bond donors (Lipinski definition) is 1. The number of aryl methyl sites for hydroxylation is 1. The molecule has 3 aliphatic heterocycles. The number of ether oxygens (including phenoxy) is 3. The smallest absolute Gasteiger partial charge is 0.262 e. The highest BCUT2D eigenvalue weighted by molar-refractivity contribution is 7.99. The molecule has 1 N–H and O–H groups in total. The first-order valence-electron chi connectivity index (χ1n) is 19.6. The Balaban J connectivity index is 1.28. The van der Waals surface area contributed by atoms with E-state index in [-0.39, 0.29) is 34.3 Å². The molecule has 2 aromatic rings. The van der Waals surface area contributed by atoms with E-state index in [2.05, 4.69) is 51.6 Å². The molecule has 12 heteroatoms. The molecule has 10 nitrogen and oxygen atoms in total. The molecule has 2 amide bonds. The molecule has 0 radical (unpaired) electrons. The topological polar surface area (TPSA) is 101 Å². The third kappa shape index (κ3) is 7.68. The van der Waals surface area contributed by atoms with Crippen LogP contribution in [-0.2, 0) is 35.8 Å². The number of carbonyl (C=O) groups excluding carboxylic acids is 2. The molecule has 54 heavy (non-hydrogen) atoms. The average Bonchev–Trinajstić information content (AvgIpc) is 3.28. The zero-order chi connectivity index (χ0) is 38.3. The maximum absolute atomic E-state index is 14.0. The van der Waals surface area contributed by atoms with E-state index >= 15 is 0 Å². The number of hydrogen-bond acceptors (Lipinski definition) is 8. The summed E-state index contributed by atoms with van der Waals surface area (Å²) in [6.07, 6.45) is 10.1. The average molecular weight is 781 g/mol. The van der Waals surface area contributed by atoms with Gasteiger partial charge in [-0.05, 0) is 111 Å². The lowest BCUT2D eigenvalue weighted by molar-refractivity contribution is -0.140. The quantitative estimate of drug-likeness (QED) is 0.309. The van der Waals surface area contributed by atoms with Crippen LogP contribution in [0.25, 0.3) is 0 Å². The largest absolute Gasteiger partial charge is 0.490 e. The Kier molecular flexibility index (Phi) is 11.5. The van der Waals surface area contributed by atoms with Gasteiger partial charge in [-0.25, -0.2) is 4.21 Å². The molecule has 1 saturated carbocycles.